The van der Waals surface area contributed by atoms with E-state index >= 15 is 0 Å². The van der Waals surface area contributed by atoms with Crippen LogP contribution in [-0.2, 0) is 4.43 Å². The summed E-state index contributed by atoms with van der Waals surface area (Å²) < 4.78 is 5.64. The molecule has 0 rings (SSSR count). The SMILES string of the molecule is C=CCCCCCCCC(C)C(C)(C)O[SiH3]. The van der Waals surface area contributed by atoms with E-state index in [0.29, 0.717) is 5.92 Å². The number of hydrogen-bond acceptors (Lipinski definition) is 1. The van der Waals surface area contributed by atoms with Crippen molar-refractivity contribution in [2.75, 3.05) is 0 Å². The van der Waals surface area contributed by atoms with E-state index in [1.165, 1.54) is 44.9 Å². The number of allylic oxidation sites excluding steroid dienone is 1. The van der Waals surface area contributed by atoms with Crippen molar-refractivity contribution >= 4 is 10.5 Å². The Kier molecular flexibility index (Phi) is 8.95. The van der Waals surface area contributed by atoms with Gasteiger partial charge >= 0.3 is 0 Å². The van der Waals surface area contributed by atoms with Crippen LogP contribution in [0.5, 0.6) is 0 Å². The van der Waals surface area contributed by atoms with Crippen LogP contribution < -0.4 is 0 Å². The minimum atomic E-state index is 0.0923. The Morgan fingerprint density at radius 2 is 1.75 bits per heavy atom. The lowest BCUT2D eigenvalue weighted by Crippen LogP contribution is -2.31. The van der Waals surface area contributed by atoms with Crippen LogP contribution in [0, 0.1) is 5.92 Å². The lowest BCUT2D eigenvalue weighted by atomic mass is 9.88. The molecule has 0 aromatic carbocycles. The zero-order valence-electron chi connectivity index (χ0n) is 11.7. The number of hydrogen-bond donors (Lipinski definition) is 0. The molecule has 0 aliphatic carbocycles. The fraction of sp³-hybridized carbons (Fsp3) is 0.857. The third-order valence-corrected chi connectivity index (χ3v) is 4.81. The van der Waals surface area contributed by atoms with Crippen LogP contribution in [-0.4, -0.2) is 16.1 Å². The van der Waals surface area contributed by atoms with Crippen LogP contribution in [0.25, 0.3) is 0 Å². The van der Waals surface area contributed by atoms with Gasteiger partial charge in [-0.15, -0.1) is 6.58 Å². The van der Waals surface area contributed by atoms with Crippen molar-refractivity contribution in [1.29, 1.82) is 0 Å². The highest BCUT2D eigenvalue weighted by Gasteiger charge is 2.23. The molecule has 0 aliphatic heterocycles. The molecular weight excluding hydrogens is 212 g/mol. The van der Waals surface area contributed by atoms with E-state index in [0.717, 1.165) is 10.5 Å². The smallest absolute Gasteiger partial charge is 0.146 e. The predicted molar refractivity (Wildman–Crippen MR) is 76.8 cm³/mol. The molecule has 0 bridgehead atoms. The second-order valence-electron chi connectivity index (χ2n) is 5.34. The van der Waals surface area contributed by atoms with E-state index in [-0.39, 0.29) is 5.60 Å². The first kappa shape index (κ1) is 15.9. The van der Waals surface area contributed by atoms with E-state index in [1.54, 1.807) is 0 Å². The number of rotatable bonds is 10. The summed E-state index contributed by atoms with van der Waals surface area (Å²) in [5.41, 5.74) is 0.0923. The van der Waals surface area contributed by atoms with Crippen molar-refractivity contribution in [3.63, 3.8) is 0 Å². The van der Waals surface area contributed by atoms with Crippen molar-refractivity contribution in [3.05, 3.63) is 12.7 Å². The fourth-order valence-corrected chi connectivity index (χ4v) is 2.22. The normalized spacial score (nSPS) is 13.9. The Morgan fingerprint density at radius 1 is 1.19 bits per heavy atom. The van der Waals surface area contributed by atoms with Gasteiger partial charge in [0.2, 0.25) is 0 Å². The van der Waals surface area contributed by atoms with Gasteiger partial charge in [0.25, 0.3) is 0 Å². The molecule has 1 unspecified atom stereocenters. The molecule has 96 valence electrons. The highest BCUT2D eigenvalue weighted by molar-refractivity contribution is 5.98. The van der Waals surface area contributed by atoms with Crippen molar-refractivity contribution in [1.82, 2.24) is 0 Å². The van der Waals surface area contributed by atoms with Crippen LogP contribution in [0.2, 0.25) is 0 Å². The van der Waals surface area contributed by atoms with Gasteiger partial charge in [0, 0.05) is 0 Å². The molecule has 0 aromatic heterocycles. The first-order valence-electron chi connectivity index (χ1n) is 6.70. The molecule has 1 atom stereocenters. The molecular formula is C14H30OSi. The Labute approximate surface area is 105 Å². The maximum atomic E-state index is 5.64. The predicted octanol–water partition coefficient (Wildman–Crippen LogP) is 3.61. The van der Waals surface area contributed by atoms with Crippen molar-refractivity contribution < 1.29 is 4.43 Å². The molecule has 0 spiro atoms. The van der Waals surface area contributed by atoms with Gasteiger partial charge in [0.1, 0.15) is 10.5 Å². The summed E-state index contributed by atoms with van der Waals surface area (Å²) >= 11 is 0. The van der Waals surface area contributed by atoms with Crippen molar-refractivity contribution in [3.8, 4) is 0 Å². The molecule has 0 fully saturated rings. The van der Waals surface area contributed by atoms with E-state index < -0.39 is 0 Å². The highest BCUT2D eigenvalue weighted by atomic mass is 28.2. The quantitative estimate of drug-likeness (QED) is 0.323. The van der Waals surface area contributed by atoms with E-state index in [2.05, 4.69) is 27.4 Å². The lowest BCUT2D eigenvalue weighted by molar-refractivity contribution is 0.0562. The summed E-state index contributed by atoms with van der Waals surface area (Å²) in [6, 6.07) is 0. The molecule has 0 saturated carbocycles. The molecule has 0 saturated heterocycles. The second kappa shape index (κ2) is 9.00. The minimum Gasteiger partial charge on any atom is -0.423 e. The Balaban J connectivity index is 3.41. The molecule has 0 radical (unpaired) electrons. The largest absolute Gasteiger partial charge is 0.423 e. The summed E-state index contributed by atoms with van der Waals surface area (Å²) in [7, 11) is 0.847. The minimum absolute atomic E-state index is 0.0923. The third-order valence-electron chi connectivity index (χ3n) is 3.76. The lowest BCUT2D eigenvalue weighted by Gasteiger charge is -2.31. The first-order valence-corrected chi connectivity index (χ1v) is 7.52. The van der Waals surface area contributed by atoms with E-state index in [9.17, 15) is 0 Å². The Hall–Kier alpha value is -0.0831. The molecule has 0 aromatic rings. The standard InChI is InChI=1S/C14H30OSi/c1-5-6-7-8-9-10-11-12-13(2)14(3,4)15-16/h5,13H,1,6-12H2,2-4,16H3. The number of unbranched alkanes of at least 4 members (excludes halogenated alkanes) is 5. The molecule has 16 heavy (non-hydrogen) atoms. The Bertz CT molecular complexity index is 178. The van der Waals surface area contributed by atoms with E-state index in [1.807, 2.05) is 6.08 Å². The van der Waals surface area contributed by atoms with Crippen LogP contribution in [0.1, 0.15) is 65.7 Å². The average molecular weight is 242 g/mol. The molecule has 0 heterocycles. The van der Waals surface area contributed by atoms with E-state index in [4.69, 9.17) is 4.43 Å². The molecule has 1 nitrogen and oxygen atoms in total. The summed E-state index contributed by atoms with van der Waals surface area (Å²) in [6.07, 6.45) is 11.3. The van der Waals surface area contributed by atoms with Gasteiger partial charge in [-0.1, -0.05) is 38.7 Å². The fourth-order valence-electron chi connectivity index (χ4n) is 1.82. The van der Waals surface area contributed by atoms with Gasteiger partial charge in [0.15, 0.2) is 0 Å². The molecule has 0 amide bonds. The van der Waals surface area contributed by atoms with Crippen molar-refractivity contribution in [2.24, 2.45) is 5.92 Å². The van der Waals surface area contributed by atoms with Gasteiger partial charge in [-0.2, -0.15) is 0 Å². The highest BCUT2D eigenvalue weighted by Crippen LogP contribution is 2.25. The topological polar surface area (TPSA) is 9.23 Å². The average Bonchev–Trinajstić information content (AvgIpc) is 2.27. The maximum absolute atomic E-state index is 5.64. The molecule has 2 heteroatoms. The van der Waals surface area contributed by atoms with Crippen molar-refractivity contribution in [2.45, 2.75) is 71.3 Å². The van der Waals surface area contributed by atoms with Crippen LogP contribution in [0.3, 0.4) is 0 Å². The molecule has 0 aliphatic rings. The van der Waals surface area contributed by atoms with Crippen LogP contribution >= 0.6 is 0 Å². The van der Waals surface area contributed by atoms with Gasteiger partial charge in [-0.25, -0.2) is 0 Å². The maximum Gasteiger partial charge on any atom is 0.146 e. The van der Waals surface area contributed by atoms with Crippen LogP contribution in [0.4, 0.5) is 0 Å². The van der Waals surface area contributed by atoms with Gasteiger partial charge in [-0.05, 0) is 39.0 Å². The summed E-state index contributed by atoms with van der Waals surface area (Å²) in [4.78, 5) is 0. The third kappa shape index (κ3) is 7.23. The monoisotopic (exact) mass is 242 g/mol. The Morgan fingerprint density at radius 3 is 2.31 bits per heavy atom. The summed E-state index contributed by atoms with van der Waals surface area (Å²) in [6.45, 7) is 10.5. The summed E-state index contributed by atoms with van der Waals surface area (Å²) in [5, 5.41) is 0. The second-order valence-corrected chi connectivity index (χ2v) is 5.75. The van der Waals surface area contributed by atoms with Gasteiger partial charge < -0.3 is 4.43 Å². The zero-order chi connectivity index (χ0) is 12.4. The van der Waals surface area contributed by atoms with Gasteiger partial charge in [-0.3, -0.25) is 0 Å². The first-order chi connectivity index (χ1) is 7.54. The van der Waals surface area contributed by atoms with Gasteiger partial charge in [0.05, 0.1) is 5.60 Å². The zero-order valence-corrected chi connectivity index (χ0v) is 13.7. The molecule has 0 N–H and O–H groups in total. The van der Waals surface area contributed by atoms with Crippen LogP contribution in [0.15, 0.2) is 12.7 Å². The summed E-state index contributed by atoms with van der Waals surface area (Å²) in [5.74, 6) is 0.679.